The number of benzene rings is 3. The predicted molar refractivity (Wildman–Crippen MR) is 120 cm³/mol. The van der Waals surface area contributed by atoms with E-state index in [-0.39, 0.29) is 17.3 Å². The maximum absolute atomic E-state index is 12.7. The van der Waals surface area contributed by atoms with Gasteiger partial charge in [0.1, 0.15) is 23.0 Å². The van der Waals surface area contributed by atoms with Crippen LogP contribution in [0.2, 0.25) is 0 Å². The van der Waals surface area contributed by atoms with E-state index in [0.717, 1.165) is 5.56 Å². The number of methoxy groups -OCH3 is 2. The van der Waals surface area contributed by atoms with Crippen molar-refractivity contribution in [2.45, 2.75) is 0 Å². The van der Waals surface area contributed by atoms with Gasteiger partial charge in [-0.25, -0.2) is 4.79 Å². The van der Waals surface area contributed by atoms with Crippen LogP contribution in [0.15, 0.2) is 78.6 Å². The molecule has 6 nitrogen and oxygen atoms in total. The van der Waals surface area contributed by atoms with Crippen LogP contribution in [-0.4, -0.2) is 26.0 Å². The molecule has 1 aliphatic heterocycles. The summed E-state index contributed by atoms with van der Waals surface area (Å²) in [5.74, 6) is 1.14. The van der Waals surface area contributed by atoms with Crippen LogP contribution >= 0.6 is 0 Å². The minimum Gasteiger partial charge on any atom is -0.497 e. The number of esters is 1. The van der Waals surface area contributed by atoms with E-state index in [1.54, 1.807) is 49.6 Å². The number of Topliss-reactive ketones (excluding diaryl/α,β-unsaturated/α-hetero) is 1. The monoisotopic (exact) mass is 428 g/mol. The molecule has 0 fully saturated rings. The molecule has 1 heterocycles. The third-order valence-corrected chi connectivity index (χ3v) is 4.80. The van der Waals surface area contributed by atoms with Crippen molar-refractivity contribution in [2.75, 3.05) is 14.2 Å². The van der Waals surface area contributed by atoms with Gasteiger partial charge in [-0.1, -0.05) is 30.3 Å². The lowest BCUT2D eigenvalue weighted by Gasteiger charge is -2.08. The van der Waals surface area contributed by atoms with E-state index in [1.165, 1.54) is 19.3 Å². The highest BCUT2D eigenvalue weighted by Gasteiger charge is 2.28. The summed E-state index contributed by atoms with van der Waals surface area (Å²) in [5, 5.41) is 0. The smallest absolute Gasteiger partial charge is 0.336 e. The molecule has 0 N–H and O–H groups in total. The first kappa shape index (κ1) is 20.9. The lowest BCUT2D eigenvalue weighted by molar-refractivity contribution is -0.128. The van der Waals surface area contributed by atoms with E-state index in [4.69, 9.17) is 18.9 Å². The summed E-state index contributed by atoms with van der Waals surface area (Å²) < 4.78 is 21.7. The normalized spacial score (nSPS) is 13.7. The Kier molecular flexibility index (Phi) is 6.03. The number of hydrogen-bond donors (Lipinski definition) is 0. The van der Waals surface area contributed by atoms with Crippen LogP contribution in [0.5, 0.6) is 23.0 Å². The van der Waals surface area contributed by atoms with E-state index in [9.17, 15) is 9.59 Å². The molecule has 0 bridgehead atoms. The topological polar surface area (TPSA) is 71.1 Å². The van der Waals surface area contributed by atoms with Gasteiger partial charge in [0.25, 0.3) is 0 Å². The third kappa shape index (κ3) is 4.54. The van der Waals surface area contributed by atoms with Crippen molar-refractivity contribution >= 4 is 23.9 Å². The third-order valence-electron chi connectivity index (χ3n) is 4.80. The average Bonchev–Trinajstić information content (AvgIpc) is 3.13. The van der Waals surface area contributed by atoms with Gasteiger partial charge in [-0.3, -0.25) is 4.79 Å². The van der Waals surface area contributed by atoms with Gasteiger partial charge in [0.05, 0.1) is 19.8 Å². The zero-order valence-electron chi connectivity index (χ0n) is 17.5. The Morgan fingerprint density at radius 2 is 1.69 bits per heavy atom. The molecule has 0 saturated carbocycles. The molecule has 0 saturated heterocycles. The Morgan fingerprint density at radius 3 is 2.44 bits per heavy atom. The Balaban J connectivity index is 1.50. The first-order valence-corrected chi connectivity index (χ1v) is 9.82. The average molecular weight is 428 g/mol. The van der Waals surface area contributed by atoms with Gasteiger partial charge in [0, 0.05) is 23.8 Å². The second-order valence-corrected chi connectivity index (χ2v) is 6.87. The van der Waals surface area contributed by atoms with E-state index in [2.05, 4.69) is 0 Å². The van der Waals surface area contributed by atoms with Crippen LogP contribution in [0, 0.1) is 0 Å². The molecule has 0 aromatic heterocycles. The number of allylic oxidation sites excluding steroid dienone is 1. The Morgan fingerprint density at radius 1 is 0.906 bits per heavy atom. The molecule has 0 atom stereocenters. The number of carbonyl (C=O) groups excluding carboxylic acids is 2. The SMILES string of the molecule is COc1ccc(/C=C2\Oc3cc(OC(=O)/C=C/c4ccccc4)ccc3C2=O)c(OC)c1. The molecule has 0 spiro atoms. The summed E-state index contributed by atoms with van der Waals surface area (Å²) in [4.78, 5) is 24.9. The first-order valence-electron chi connectivity index (χ1n) is 9.82. The molecule has 0 unspecified atom stereocenters. The Bertz CT molecular complexity index is 1220. The van der Waals surface area contributed by atoms with E-state index >= 15 is 0 Å². The molecule has 3 aromatic rings. The van der Waals surface area contributed by atoms with Gasteiger partial charge in [-0.2, -0.15) is 0 Å². The molecule has 6 heteroatoms. The highest BCUT2D eigenvalue weighted by atomic mass is 16.5. The van der Waals surface area contributed by atoms with Crippen molar-refractivity contribution in [1.29, 1.82) is 0 Å². The summed E-state index contributed by atoms with van der Waals surface area (Å²) >= 11 is 0. The van der Waals surface area contributed by atoms with E-state index in [1.807, 2.05) is 30.3 Å². The zero-order valence-corrected chi connectivity index (χ0v) is 17.5. The molecule has 0 amide bonds. The molecule has 3 aromatic carbocycles. The summed E-state index contributed by atoms with van der Waals surface area (Å²) in [7, 11) is 3.10. The number of rotatable bonds is 6. The van der Waals surface area contributed by atoms with Crippen LogP contribution in [0.1, 0.15) is 21.5 Å². The van der Waals surface area contributed by atoms with E-state index in [0.29, 0.717) is 28.4 Å². The fraction of sp³-hybridized carbons (Fsp3) is 0.0769. The van der Waals surface area contributed by atoms with E-state index < -0.39 is 5.97 Å². The number of ether oxygens (including phenoxy) is 4. The lowest BCUT2D eigenvalue weighted by Crippen LogP contribution is -2.03. The maximum atomic E-state index is 12.7. The van der Waals surface area contributed by atoms with Crippen molar-refractivity contribution in [3.63, 3.8) is 0 Å². The number of carbonyl (C=O) groups is 2. The standard InChI is InChI=1S/C26H20O6/c1-29-19-10-9-18(22(15-19)30-2)14-24-26(28)21-12-11-20(16-23(21)32-24)31-25(27)13-8-17-6-4-3-5-7-17/h3-16H,1-2H3/b13-8+,24-14-. The molecule has 4 rings (SSSR count). The molecule has 32 heavy (non-hydrogen) atoms. The van der Waals surface area contributed by atoms with Crippen LogP contribution in [0.3, 0.4) is 0 Å². The molecule has 0 radical (unpaired) electrons. The minimum atomic E-state index is -0.531. The highest BCUT2D eigenvalue weighted by molar-refractivity contribution is 6.14. The summed E-state index contributed by atoms with van der Waals surface area (Å²) in [5.41, 5.74) is 1.95. The Hall–Kier alpha value is -4.32. The van der Waals surface area contributed by atoms with Crippen LogP contribution in [0.25, 0.3) is 12.2 Å². The quantitative estimate of drug-likeness (QED) is 0.315. The molecular formula is C26H20O6. The van der Waals surface area contributed by atoms with Crippen LogP contribution < -0.4 is 18.9 Å². The number of hydrogen-bond acceptors (Lipinski definition) is 6. The molecule has 0 aliphatic carbocycles. The molecule has 1 aliphatic rings. The molecular weight excluding hydrogens is 408 g/mol. The van der Waals surface area contributed by atoms with Crippen LogP contribution in [0.4, 0.5) is 0 Å². The molecule has 160 valence electrons. The largest absolute Gasteiger partial charge is 0.497 e. The number of ketones is 1. The van der Waals surface area contributed by atoms with Gasteiger partial charge >= 0.3 is 5.97 Å². The van der Waals surface area contributed by atoms with Crippen molar-refractivity contribution in [1.82, 2.24) is 0 Å². The lowest BCUT2D eigenvalue weighted by atomic mass is 10.1. The Labute approximate surface area is 185 Å². The highest BCUT2D eigenvalue weighted by Crippen LogP contribution is 2.36. The van der Waals surface area contributed by atoms with Crippen molar-refractivity contribution in [2.24, 2.45) is 0 Å². The summed E-state index contributed by atoms with van der Waals surface area (Å²) in [6, 6.07) is 19.3. The fourth-order valence-corrected chi connectivity index (χ4v) is 3.19. The van der Waals surface area contributed by atoms with Gasteiger partial charge in [-0.15, -0.1) is 0 Å². The maximum Gasteiger partial charge on any atom is 0.336 e. The number of fused-ring (bicyclic) bond motifs is 1. The zero-order chi connectivity index (χ0) is 22.5. The van der Waals surface area contributed by atoms with Gasteiger partial charge < -0.3 is 18.9 Å². The predicted octanol–water partition coefficient (Wildman–Crippen LogP) is 4.94. The van der Waals surface area contributed by atoms with Gasteiger partial charge in [0.2, 0.25) is 5.78 Å². The minimum absolute atomic E-state index is 0.149. The second-order valence-electron chi connectivity index (χ2n) is 6.87. The first-order chi connectivity index (χ1) is 15.6. The summed E-state index contributed by atoms with van der Waals surface area (Å²) in [6.07, 6.45) is 4.61. The van der Waals surface area contributed by atoms with Crippen LogP contribution in [-0.2, 0) is 4.79 Å². The van der Waals surface area contributed by atoms with Gasteiger partial charge in [0.15, 0.2) is 5.76 Å². The van der Waals surface area contributed by atoms with Gasteiger partial charge in [-0.05, 0) is 42.0 Å². The second kappa shape index (κ2) is 9.22. The fourth-order valence-electron chi connectivity index (χ4n) is 3.19. The van der Waals surface area contributed by atoms with Crippen molar-refractivity contribution < 1.29 is 28.5 Å². The van der Waals surface area contributed by atoms with Crippen molar-refractivity contribution in [3.8, 4) is 23.0 Å². The van der Waals surface area contributed by atoms with Crippen molar-refractivity contribution in [3.05, 3.63) is 95.3 Å². The summed E-state index contributed by atoms with van der Waals surface area (Å²) in [6.45, 7) is 0.